The van der Waals surface area contributed by atoms with Crippen molar-refractivity contribution in [3.8, 4) is 0 Å². The van der Waals surface area contributed by atoms with Crippen molar-refractivity contribution in [1.82, 2.24) is 14.7 Å². The number of anilines is 1. The second-order valence-corrected chi connectivity index (χ2v) is 6.72. The lowest BCUT2D eigenvalue weighted by atomic mass is 10.0. The molecule has 2 aromatic rings. The van der Waals surface area contributed by atoms with E-state index in [-0.39, 0.29) is 5.91 Å². The van der Waals surface area contributed by atoms with Gasteiger partial charge in [-0.3, -0.25) is 9.69 Å². The maximum atomic E-state index is 12.4. The molecule has 24 heavy (non-hydrogen) atoms. The number of nitrogens with zero attached hydrogens (tertiary/aromatic N) is 3. The molecule has 1 saturated heterocycles. The summed E-state index contributed by atoms with van der Waals surface area (Å²) >= 11 is 0. The standard InChI is InChI=1S/C19H26N4O/c1-16-6-5-12-22(13-10-16)15-19(24)21-18-9-11-20-23(18)14-17-7-3-2-4-8-17/h2-4,7-9,11,16H,5-6,10,12-15H2,1H3,(H,21,24)/t16-/m0/s1. The van der Waals surface area contributed by atoms with E-state index in [9.17, 15) is 4.79 Å². The van der Waals surface area contributed by atoms with Gasteiger partial charge in [-0.1, -0.05) is 37.3 Å². The van der Waals surface area contributed by atoms with Gasteiger partial charge < -0.3 is 5.32 Å². The number of nitrogens with one attached hydrogen (secondary N) is 1. The SMILES string of the molecule is C[C@H]1CCCN(CC(=O)Nc2ccnn2Cc2ccccc2)CC1. The molecular weight excluding hydrogens is 300 g/mol. The lowest BCUT2D eigenvalue weighted by Gasteiger charge is -2.19. The van der Waals surface area contributed by atoms with Crippen LogP contribution in [-0.4, -0.2) is 40.2 Å². The van der Waals surface area contributed by atoms with E-state index < -0.39 is 0 Å². The van der Waals surface area contributed by atoms with Crippen molar-refractivity contribution < 1.29 is 4.79 Å². The first kappa shape index (κ1) is 16.7. The number of hydrogen-bond acceptors (Lipinski definition) is 3. The molecule has 1 fully saturated rings. The Labute approximate surface area is 143 Å². The molecule has 1 aromatic carbocycles. The molecule has 0 saturated carbocycles. The van der Waals surface area contributed by atoms with Crippen molar-refractivity contribution in [2.24, 2.45) is 5.92 Å². The van der Waals surface area contributed by atoms with Gasteiger partial charge in [-0.05, 0) is 43.8 Å². The molecule has 1 amide bonds. The summed E-state index contributed by atoms with van der Waals surface area (Å²) in [5.74, 6) is 1.57. The number of hydrogen-bond donors (Lipinski definition) is 1. The molecule has 1 aliphatic rings. The Bertz CT molecular complexity index is 652. The van der Waals surface area contributed by atoms with Crippen LogP contribution in [0.2, 0.25) is 0 Å². The van der Waals surface area contributed by atoms with Gasteiger partial charge in [0.15, 0.2) is 0 Å². The molecule has 3 rings (SSSR count). The van der Waals surface area contributed by atoms with Crippen LogP contribution in [0.3, 0.4) is 0 Å². The first-order valence-electron chi connectivity index (χ1n) is 8.78. The van der Waals surface area contributed by atoms with E-state index in [4.69, 9.17) is 0 Å². The summed E-state index contributed by atoms with van der Waals surface area (Å²) in [6, 6.07) is 12.0. The molecule has 0 spiro atoms. The van der Waals surface area contributed by atoms with Crippen LogP contribution in [0.5, 0.6) is 0 Å². The molecule has 1 N–H and O–H groups in total. The van der Waals surface area contributed by atoms with Gasteiger partial charge in [-0.15, -0.1) is 0 Å². The zero-order valence-electron chi connectivity index (χ0n) is 14.3. The number of benzene rings is 1. The van der Waals surface area contributed by atoms with E-state index in [1.165, 1.54) is 24.8 Å². The number of carbonyl (C=O) groups is 1. The quantitative estimate of drug-likeness (QED) is 0.919. The normalized spacial score (nSPS) is 19.0. The molecule has 1 atom stereocenters. The Morgan fingerprint density at radius 2 is 2.04 bits per heavy atom. The number of rotatable bonds is 5. The van der Waals surface area contributed by atoms with Gasteiger partial charge in [-0.2, -0.15) is 5.10 Å². The molecule has 0 radical (unpaired) electrons. The summed E-state index contributed by atoms with van der Waals surface area (Å²) in [6.07, 6.45) is 5.35. The molecule has 0 bridgehead atoms. The molecule has 1 aliphatic heterocycles. The number of likely N-dealkylation sites (tertiary alicyclic amines) is 1. The van der Waals surface area contributed by atoms with Crippen molar-refractivity contribution in [2.75, 3.05) is 25.0 Å². The highest BCUT2D eigenvalue weighted by Gasteiger charge is 2.17. The van der Waals surface area contributed by atoms with Gasteiger partial charge in [0.25, 0.3) is 0 Å². The zero-order valence-corrected chi connectivity index (χ0v) is 14.3. The van der Waals surface area contributed by atoms with Crippen molar-refractivity contribution in [3.05, 3.63) is 48.2 Å². The van der Waals surface area contributed by atoms with Gasteiger partial charge in [0, 0.05) is 6.07 Å². The molecule has 0 unspecified atom stereocenters. The maximum Gasteiger partial charge on any atom is 0.239 e. The van der Waals surface area contributed by atoms with Crippen LogP contribution in [0.15, 0.2) is 42.6 Å². The minimum Gasteiger partial charge on any atom is -0.310 e. The number of amides is 1. The minimum atomic E-state index is 0.0411. The third kappa shape index (κ3) is 4.68. The van der Waals surface area contributed by atoms with Crippen LogP contribution in [0.25, 0.3) is 0 Å². The van der Waals surface area contributed by atoms with E-state index in [1.54, 1.807) is 6.20 Å². The van der Waals surface area contributed by atoms with Crippen LogP contribution in [0, 0.1) is 5.92 Å². The van der Waals surface area contributed by atoms with Gasteiger partial charge in [-0.25, -0.2) is 4.68 Å². The highest BCUT2D eigenvalue weighted by Crippen LogP contribution is 2.16. The summed E-state index contributed by atoms with van der Waals surface area (Å²) in [7, 11) is 0. The van der Waals surface area contributed by atoms with E-state index >= 15 is 0 Å². The molecule has 128 valence electrons. The fourth-order valence-electron chi connectivity index (χ4n) is 3.19. The predicted octanol–water partition coefficient (Wildman–Crippen LogP) is 2.99. The van der Waals surface area contributed by atoms with E-state index in [2.05, 4.69) is 34.4 Å². The Hall–Kier alpha value is -2.14. The van der Waals surface area contributed by atoms with E-state index in [0.717, 1.165) is 24.8 Å². The second kappa shape index (κ2) is 8.11. The van der Waals surface area contributed by atoms with Gasteiger partial charge in [0.1, 0.15) is 5.82 Å². The molecule has 2 heterocycles. The summed E-state index contributed by atoms with van der Waals surface area (Å²) in [4.78, 5) is 14.6. The predicted molar refractivity (Wildman–Crippen MR) is 95.9 cm³/mol. The van der Waals surface area contributed by atoms with E-state index in [1.807, 2.05) is 28.9 Å². The van der Waals surface area contributed by atoms with Crippen molar-refractivity contribution >= 4 is 11.7 Å². The van der Waals surface area contributed by atoms with Crippen molar-refractivity contribution in [3.63, 3.8) is 0 Å². The summed E-state index contributed by atoms with van der Waals surface area (Å²) in [5, 5.41) is 7.33. The van der Waals surface area contributed by atoms with Crippen molar-refractivity contribution in [2.45, 2.75) is 32.7 Å². The Morgan fingerprint density at radius 3 is 2.88 bits per heavy atom. The van der Waals surface area contributed by atoms with Crippen LogP contribution >= 0.6 is 0 Å². The first-order chi connectivity index (χ1) is 11.7. The highest BCUT2D eigenvalue weighted by atomic mass is 16.2. The second-order valence-electron chi connectivity index (χ2n) is 6.72. The van der Waals surface area contributed by atoms with Crippen LogP contribution in [0.1, 0.15) is 31.7 Å². The number of carbonyl (C=O) groups excluding carboxylic acids is 1. The molecule has 1 aromatic heterocycles. The molecule has 0 aliphatic carbocycles. The third-order valence-corrected chi connectivity index (χ3v) is 4.64. The average molecular weight is 326 g/mol. The van der Waals surface area contributed by atoms with E-state index in [0.29, 0.717) is 13.1 Å². The highest BCUT2D eigenvalue weighted by molar-refractivity contribution is 5.91. The lowest BCUT2D eigenvalue weighted by Crippen LogP contribution is -2.34. The first-order valence-corrected chi connectivity index (χ1v) is 8.78. The summed E-state index contributed by atoms with van der Waals surface area (Å²) < 4.78 is 1.83. The average Bonchev–Trinajstić information content (AvgIpc) is 2.89. The van der Waals surface area contributed by atoms with Gasteiger partial charge in [0.05, 0.1) is 19.3 Å². The monoisotopic (exact) mass is 326 g/mol. The Morgan fingerprint density at radius 1 is 1.21 bits per heavy atom. The Balaban J connectivity index is 1.56. The topological polar surface area (TPSA) is 50.2 Å². The smallest absolute Gasteiger partial charge is 0.239 e. The van der Waals surface area contributed by atoms with Gasteiger partial charge in [0.2, 0.25) is 5.91 Å². The van der Waals surface area contributed by atoms with Crippen LogP contribution in [0.4, 0.5) is 5.82 Å². The minimum absolute atomic E-state index is 0.0411. The number of aromatic nitrogens is 2. The van der Waals surface area contributed by atoms with Crippen molar-refractivity contribution in [1.29, 1.82) is 0 Å². The summed E-state index contributed by atoms with van der Waals surface area (Å²) in [6.45, 7) is 5.44. The van der Waals surface area contributed by atoms with Crippen LogP contribution in [-0.2, 0) is 11.3 Å². The molecular formula is C19H26N4O. The fraction of sp³-hybridized carbons (Fsp3) is 0.474. The lowest BCUT2D eigenvalue weighted by molar-refractivity contribution is -0.117. The summed E-state index contributed by atoms with van der Waals surface area (Å²) in [5.41, 5.74) is 1.17. The molecule has 5 nitrogen and oxygen atoms in total. The largest absolute Gasteiger partial charge is 0.310 e. The molecule has 5 heteroatoms. The zero-order chi connectivity index (χ0) is 16.8. The fourth-order valence-corrected chi connectivity index (χ4v) is 3.19. The van der Waals surface area contributed by atoms with Gasteiger partial charge >= 0.3 is 0 Å². The Kier molecular flexibility index (Phi) is 5.64. The maximum absolute atomic E-state index is 12.4. The van der Waals surface area contributed by atoms with Crippen LogP contribution < -0.4 is 5.32 Å². The third-order valence-electron chi connectivity index (χ3n) is 4.64.